The van der Waals surface area contributed by atoms with E-state index in [1.165, 1.54) is 101 Å². The van der Waals surface area contributed by atoms with E-state index in [1.54, 1.807) is 0 Å². The van der Waals surface area contributed by atoms with Crippen molar-refractivity contribution in [2.75, 3.05) is 26.7 Å². The maximum Gasteiger partial charge on any atom is 0.0819 e. The molecule has 152 valence electrons. The predicted octanol–water partition coefficient (Wildman–Crippen LogP) is 7.84. The van der Waals surface area contributed by atoms with E-state index >= 15 is 0 Å². The molecule has 0 saturated carbocycles. The lowest BCUT2D eigenvalue weighted by Crippen LogP contribution is -2.45. The van der Waals surface area contributed by atoms with E-state index in [1.807, 2.05) is 0 Å². The van der Waals surface area contributed by atoms with Crippen LogP contribution in [0.5, 0.6) is 0 Å². The summed E-state index contributed by atoms with van der Waals surface area (Å²) in [5.41, 5.74) is 0. The Hall–Kier alpha value is -0.820. The first-order valence-electron chi connectivity index (χ1n) is 11.5. The topological polar surface area (TPSA) is 0 Å². The fourth-order valence-corrected chi connectivity index (χ4v) is 3.17. The second kappa shape index (κ2) is 19.0. The lowest BCUT2D eigenvalue weighted by Gasteiger charge is -2.34. The molecular formula is C25H48N+. The molecule has 0 saturated heterocycles. The van der Waals surface area contributed by atoms with Crippen LogP contribution in [0.2, 0.25) is 0 Å². The first-order chi connectivity index (χ1) is 12.7. The molecule has 0 rings (SSSR count). The van der Waals surface area contributed by atoms with Gasteiger partial charge >= 0.3 is 0 Å². The summed E-state index contributed by atoms with van der Waals surface area (Å²) in [5, 5.41) is 0. The third-order valence-electron chi connectivity index (χ3n) is 5.18. The van der Waals surface area contributed by atoms with Gasteiger partial charge in [0.1, 0.15) is 0 Å². The van der Waals surface area contributed by atoms with Crippen LogP contribution in [0, 0.1) is 0 Å². The van der Waals surface area contributed by atoms with Crippen molar-refractivity contribution in [2.24, 2.45) is 0 Å². The van der Waals surface area contributed by atoms with Crippen LogP contribution in [-0.4, -0.2) is 31.2 Å². The Labute approximate surface area is 165 Å². The molecule has 0 N–H and O–H groups in total. The molecule has 0 aliphatic carbocycles. The average molecular weight is 363 g/mol. The summed E-state index contributed by atoms with van der Waals surface area (Å²) in [7, 11) is 2.46. The third-order valence-corrected chi connectivity index (χ3v) is 5.18. The van der Waals surface area contributed by atoms with Crippen LogP contribution in [0.3, 0.4) is 0 Å². The summed E-state index contributed by atoms with van der Waals surface area (Å²) in [4.78, 5) is 0. The number of allylic oxidation sites excluding steroid dienone is 3. The molecule has 0 bridgehead atoms. The van der Waals surface area contributed by atoms with Gasteiger partial charge in [0.15, 0.2) is 0 Å². The first kappa shape index (κ1) is 25.2. The molecule has 0 fully saturated rings. The van der Waals surface area contributed by atoms with Crippen LogP contribution in [0.1, 0.15) is 97.8 Å². The van der Waals surface area contributed by atoms with Gasteiger partial charge < -0.3 is 4.48 Å². The van der Waals surface area contributed by atoms with Gasteiger partial charge in [-0.2, -0.15) is 0 Å². The minimum atomic E-state index is 1.20. The van der Waals surface area contributed by atoms with E-state index in [0.717, 1.165) is 0 Å². The molecule has 0 aliphatic heterocycles. The Morgan fingerprint density at radius 2 is 0.731 bits per heavy atom. The average Bonchev–Trinajstić information content (AvgIpc) is 2.64. The quantitative estimate of drug-likeness (QED) is 0.132. The Bertz CT molecular complexity index is 309. The van der Waals surface area contributed by atoms with Gasteiger partial charge in [0.05, 0.1) is 26.7 Å². The Morgan fingerprint density at radius 3 is 1.00 bits per heavy atom. The van der Waals surface area contributed by atoms with E-state index < -0.39 is 0 Å². The first-order valence-corrected chi connectivity index (χ1v) is 11.5. The Morgan fingerprint density at radius 1 is 0.462 bits per heavy atom. The summed E-state index contributed by atoms with van der Waals surface area (Å²) in [6.07, 6.45) is 29.7. The molecule has 0 aromatic heterocycles. The number of hydrogen-bond donors (Lipinski definition) is 0. The number of nitrogens with zero attached hydrogens (tertiary/aromatic N) is 1. The summed E-state index contributed by atoms with van der Waals surface area (Å²) in [6, 6.07) is 0. The van der Waals surface area contributed by atoms with Crippen molar-refractivity contribution >= 4 is 0 Å². The monoisotopic (exact) mass is 362 g/mol. The molecule has 0 aromatic carbocycles. The fraction of sp³-hybridized carbons (Fsp3) is 0.760. The van der Waals surface area contributed by atoms with Crippen molar-refractivity contribution in [1.82, 2.24) is 0 Å². The van der Waals surface area contributed by atoms with Crippen LogP contribution in [-0.2, 0) is 0 Å². The molecule has 0 heterocycles. The molecule has 26 heavy (non-hydrogen) atoms. The third kappa shape index (κ3) is 16.6. The van der Waals surface area contributed by atoms with Gasteiger partial charge in [0, 0.05) is 19.3 Å². The van der Waals surface area contributed by atoms with Gasteiger partial charge in [-0.25, -0.2) is 0 Å². The normalized spacial score (nSPS) is 12.9. The van der Waals surface area contributed by atoms with Gasteiger partial charge in [0.2, 0.25) is 0 Å². The highest BCUT2D eigenvalue weighted by Gasteiger charge is 2.18. The Balaban J connectivity index is 4.32. The van der Waals surface area contributed by atoms with Gasteiger partial charge in [0.25, 0.3) is 0 Å². The number of unbranched alkanes of at least 4 members (excludes halogenated alkanes) is 6. The smallest absolute Gasteiger partial charge is 0.0819 e. The van der Waals surface area contributed by atoms with Crippen molar-refractivity contribution in [1.29, 1.82) is 0 Å². The molecular weight excluding hydrogens is 314 g/mol. The second-order valence-corrected chi connectivity index (χ2v) is 8.00. The van der Waals surface area contributed by atoms with Crippen molar-refractivity contribution in [3.05, 3.63) is 36.5 Å². The maximum absolute atomic E-state index is 2.46. The summed E-state index contributed by atoms with van der Waals surface area (Å²) >= 11 is 0. The van der Waals surface area contributed by atoms with Gasteiger partial charge in [-0.1, -0.05) is 95.8 Å². The molecule has 0 atom stereocenters. The predicted molar refractivity (Wildman–Crippen MR) is 121 cm³/mol. The van der Waals surface area contributed by atoms with E-state index in [9.17, 15) is 0 Å². The minimum Gasteiger partial charge on any atom is -0.325 e. The van der Waals surface area contributed by atoms with Crippen molar-refractivity contribution in [2.45, 2.75) is 97.8 Å². The standard InChI is InChI=1S/C25H48N/c1-5-8-11-14-17-20-23-26(4,24-21-18-15-12-9-6-2)25-22-19-16-13-10-7-3/h14-19H,5-13,20-25H2,1-4H3/q+1/b17-14+,18-15+,19-16+. The van der Waals surface area contributed by atoms with Crippen LogP contribution >= 0.6 is 0 Å². The van der Waals surface area contributed by atoms with Crippen molar-refractivity contribution < 1.29 is 4.48 Å². The Kier molecular flexibility index (Phi) is 18.4. The number of rotatable bonds is 18. The lowest BCUT2D eigenvalue weighted by atomic mass is 10.2. The number of quaternary nitrogens is 1. The number of hydrogen-bond acceptors (Lipinski definition) is 0. The SMILES string of the molecule is CCCC/C=C/CC[N+](C)(CC/C=C/CCCC)CC/C=C/CCCC. The molecule has 1 nitrogen and oxygen atoms in total. The van der Waals surface area contributed by atoms with E-state index in [2.05, 4.69) is 64.3 Å². The summed E-state index contributed by atoms with van der Waals surface area (Å²) in [6.45, 7) is 10.6. The zero-order valence-electron chi connectivity index (χ0n) is 18.5. The van der Waals surface area contributed by atoms with Crippen molar-refractivity contribution in [3.8, 4) is 0 Å². The van der Waals surface area contributed by atoms with E-state index in [-0.39, 0.29) is 0 Å². The minimum absolute atomic E-state index is 1.20. The highest BCUT2D eigenvalue weighted by molar-refractivity contribution is 4.84. The van der Waals surface area contributed by atoms with Crippen molar-refractivity contribution in [3.63, 3.8) is 0 Å². The summed E-state index contributed by atoms with van der Waals surface area (Å²) in [5.74, 6) is 0. The van der Waals surface area contributed by atoms with Crippen LogP contribution in [0.25, 0.3) is 0 Å². The molecule has 0 aliphatic rings. The van der Waals surface area contributed by atoms with Gasteiger partial charge in [-0.05, 0) is 19.3 Å². The van der Waals surface area contributed by atoms with Gasteiger partial charge in [-0.3, -0.25) is 0 Å². The zero-order chi connectivity index (χ0) is 19.3. The second-order valence-electron chi connectivity index (χ2n) is 8.00. The summed E-state index contributed by atoms with van der Waals surface area (Å²) < 4.78 is 1.20. The fourth-order valence-electron chi connectivity index (χ4n) is 3.17. The maximum atomic E-state index is 2.46. The zero-order valence-corrected chi connectivity index (χ0v) is 18.5. The highest BCUT2D eigenvalue weighted by atomic mass is 15.3. The van der Waals surface area contributed by atoms with Gasteiger partial charge in [-0.15, -0.1) is 0 Å². The lowest BCUT2D eigenvalue weighted by molar-refractivity contribution is -0.908. The molecule has 0 radical (unpaired) electrons. The molecule has 0 spiro atoms. The molecule has 0 amide bonds. The highest BCUT2D eigenvalue weighted by Crippen LogP contribution is 2.11. The van der Waals surface area contributed by atoms with Crippen LogP contribution in [0.15, 0.2) is 36.5 Å². The molecule has 1 heteroatoms. The van der Waals surface area contributed by atoms with Crippen LogP contribution in [0.4, 0.5) is 0 Å². The van der Waals surface area contributed by atoms with Crippen LogP contribution < -0.4 is 0 Å². The molecule has 0 unspecified atom stereocenters. The largest absolute Gasteiger partial charge is 0.325 e. The van der Waals surface area contributed by atoms with E-state index in [0.29, 0.717) is 0 Å². The van der Waals surface area contributed by atoms with E-state index in [4.69, 9.17) is 0 Å². The molecule has 0 aromatic rings.